The maximum Gasteiger partial charge on any atom is 0.142 e. The number of rotatable bonds is 14. The van der Waals surface area contributed by atoms with Gasteiger partial charge in [-0.2, -0.15) is 35.7 Å². The van der Waals surface area contributed by atoms with Crippen LogP contribution in [0.2, 0.25) is 0 Å². The summed E-state index contributed by atoms with van der Waals surface area (Å²) in [6.45, 7) is 3.96. The Morgan fingerprint density at radius 1 is 0.352 bits per heavy atom. The number of aryl methyl sites for hydroxylation is 2. The van der Waals surface area contributed by atoms with E-state index in [1.807, 2.05) is 123 Å². The fourth-order valence-corrected chi connectivity index (χ4v) is 17.6. The molecule has 0 saturated heterocycles. The minimum Gasteiger partial charge on any atom is -0.367 e. The average Bonchev–Trinajstić information content (AvgIpc) is 1.64. The predicted molar refractivity (Wildman–Crippen MR) is 497 cm³/mol. The van der Waals surface area contributed by atoms with E-state index in [2.05, 4.69) is 181 Å². The standard InChI is InChI=1S/C18H20N4.C17H19N5.C12H15BrN4.C12H9FN4.C12H16N4.C11H9N5.C10H8N4S/c1-3-7-13(8-4-1)17-16-15(21-22-17)11-12-19-18(16)20-14-9-5-2-6-10-14;1-2-6-13(7-3-1)20-17-15-14(8-10-19-17)21-22-16(15)12-5-4-9-18-11-12;13-11-10-9(16-17-11)6-7-14-12(10)15-8-4-2-1-3-5-8;13-8-2-1-3-9(6-8)16-12-10-7-15-17-11(10)4-5-14-12;1-2-4-9(5-3-1)15-12-10-8-14-16-11(10)6-7-13-12;1-7-10-8(16-15-7)2-3-14-11(10)9-6-12-4-5-13-9;1-6-8-7(14-13-6)2-3-11-9(8)10-12-4-5-15-10/h1,3-4,7-8,11-12,14H,2,5-6,9-10H2,(H,19,20)(H,21,22);4-5,8-11,13H,1-3,6-7H2,(H,19,20)(H,21,22);6-8H,1-5H2,(H,14,15)(H,16,17);1-7H,(H,14,16)(H,15,17);6-9H,1-5H2,(H,13,15)(H,14,16);2-6H,1H3,(H,15,16);2-5H,1H3,(H,13,14). The molecule has 23 rings (SSSR count). The molecule has 17 heterocycles. The molecule has 19 aromatic rings. The number of nitrogens with one attached hydrogen (secondary N) is 12. The maximum atomic E-state index is 13.0. The van der Waals surface area contributed by atoms with Gasteiger partial charge in [0.05, 0.1) is 94.9 Å². The van der Waals surface area contributed by atoms with E-state index in [9.17, 15) is 4.39 Å². The molecule has 33 heteroatoms. The number of hydrogen-bond acceptors (Lipinski definition) is 24. The maximum absolute atomic E-state index is 13.0. The number of nitrogens with zero attached hydrogens (tertiary/aromatic N) is 18. The molecule has 4 aliphatic rings. The molecule has 125 heavy (non-hydrogen) atoms. The first-order valence-electron chi connectivity index (χ1n) is 42.7. The van der Waals surface area contributed by atoms with Gasteiger partial charge in [0.2, 0.25) is 0 Å². The second-order valence-corrected chi connectivity index (χ2v) is 33.0. The average molecular weight is 1750 g/mol. The lowest BCUT2D eigenvalue weighted by Gasteiger charge is -2.23. The highest BCUT2D eigenvalue weighted by Gasteiger charge is 2.24. The van der Waals surface area contributed by atoms with E-state index in [1.54, 1.807) is 85.4 Å². The SMILES string of the molecule is Brc1[nH]nc2ccnc(NC3CCCCC3)c12.Cc1[nH]nc2ccnc(-c3cnccn3)c12.Cc1[nH]nc2ccnc(-c3nccs3)c12.Fc1cccc(Nc2nccc3[nH]ncc23)c1.c1cc2[nH]ncc2c(NC2CCCCC2)n1.c1ccc(-c2n[nH]c3ccnc(NC4CCCCC4)c23)cc1.c1cncc(-c2n[nH]c3ccnc(NC4CCCCC4)c23)c1. The van der Waals surface area contributed by atoms with E-state index in [0.717, 1.165) is 160 Å². The summed E-state index contributed by atoms with van der Waals surface area (Å²) >= 11 is 5.07. The highest BCUT2D eigenvalue weighted by atomic mass is 79.9. The van der Waals surface area contributed by atoms with Crippen LogP contribution >= 0.6 is 27.3 Å². The van der Waals surface area contributed by atoms with Gasteiger partial charge in [0.15, 0.2) is 0 Å². The highest BCUT2D eigenvalue weighted by Crippen LogP contribution is 2.37. The van der Waals surface area contributed by atoms with Crippen molar-refractivity contribution in [3.05, 3.63) is 229 Å². The van der Waals surface area contributed by atoms with Gasteiger partial charge in [-0.15, -0.1) is 11.3 Å². The monoisotopic (exact) mass is 1750 g/mol. The molecule has 4 saturated carbocycles. The summed E-state index contributed by atoms with van der Waals surface area (Å²) in [5.74, 6) is 4.17. The highest BCUT2D eigenvalue weighted by molar-refractivity contribution is 9.10. The molecular weight excluding hydrogens is 1660 g/mol. The molecule has 12 N–H and O–H groups in total. The summed E-state index contributed by atoms with van der Waals surface area (Å²) in [7, 11) is 0. The Balaban J connectivity index is 0.000000104. The first-order valence-corrected chi connectivity index (χ1v) is 44.3. The number of fused-ring (bicyclic) bond motifs is 7. The van der Waals surface area contributed by atoms with Crippen LogP contribution < -0.4 is 26.6 Å². The molecule has 0 amide bonds. The number of pyridine rings is 8. The number of aromatic amines is 7. The second kappa shape index (κ2) is 40.8. The van der Waals surface area contributed by atoms with Crippen molar-refractivity contribution in [3.63, 3.8) is 0 Å². The van der Waals surface area contributed by atoms with Crippen molar-refractivity contribution in [1.29, 1.82) is 0 Å². The van der Waals surface area contributed by atoms with Crippen molar-refractivity contribution in [2.75, 3.05) is 26.6 Å². The summed E-state index contributed by atoms with van der Waals surface area (Å²) in [6.07, 6.45) is 52.3. The number of halogens is 2. The number of aromatic nitrogens is 25. The third-order valence-corrected chi connectivity index (χ3v) is 24.1. The van der Waals surface area contributed by atoms with Crippen LogP contribution in [0.3, 0.4) is 0 Å². The van der Waals surface area contributed by atoms with Crippen molar-refractivity contribution >= 4 is 138 Å². The summed E-state index contributed by atoms with van der Waals surface area (Å²) in [5.41, 5.74) is 15.9. The molecule has 634 valence electrons. The molecule has 30 nitrogen and oxygen atoms in total. The van der Waals surface area contributed by atoms with Gasteiger partial charge in [-0.1, -0.05) is 113 Å². The Bertz CT molecular complexity index is 6490. The molecule has 4 aliphatic carbocycles. The zero-order valence-corrected chi connectivity index (χ0v) is 71.7. The summed E-state index contributed by atoms with van der Waals surface area (Å²) < 4.78 is 13.9. The van der Waals surface area contributed by atoms with Crippen molar-refractivity contribution in [3.8, 4) is 44.6 Å². The van der Waals surface area contributed by atoms with Crippen LogP contribution in [0.1, 0.15) is 140 Å². The lowest BCUT2D eigenvalue weighted by atomic mass is 9.95. The number of H-pyrrole nitrogens is 7. The topological polar surface area (TPSA) is 403 Å². The van der Waals surface area contributed by atoms with E-state index >= 15 is 0 Å². The number of hydrogen-bond donors (Lipinski definition) is 12. The third-order valence-electron chi connectivity index (χ3n) is 22.7. The van der Waals surface area contributed by atoms with E-state index in [0.29, 0.717) is 35.7 Å². The molecule has 0 unspecified atom stereocenters. The van der Waals surface area contributed by atoms with Gasteiger partial charge in [-0.05, 0) is 154 Å². The van der Waals surface area contributed by atoms with Gasteiger partial charge in [-0.25, -0.2) is 34.3 Å². The van der Waals surface area contributed by atoms with Crippen LogP contribution in [0.5, 0.6) is 0 Å². The predicted octanol–water partition coefficient (Wildman–Crippen LogP) is 21.3. The van der Waals surface area contributed by atoms with Gasteiger partial charge in [0.25, 0.3) is 0 Å². The van der Waals surface area contributed by atoms with Crippen LogP contribution in [0.25, 0.3) is 121 Å². The van der Waals surface area contributed by atoms with Gasteiger partial charge < -0.3 is 26.6 Å². The molecular formula is C92H96BrFN30S. The number of benzene rings is 2. The molecule has 0 aliphatic heterocycles. The Hall–Kier alpha value is -14.0. The van der Waals surface area contributed by atoms with E-state index in [-0.39, 0.29) is 5.82 Å². The first-order chi connectivity index (χ1) is 61.7. The minimum atomic E-state index is -0.283. The third kappa shape index (κ3) is 20.5. The minimum absolute atomic E-state index is 0.283. The fraction of sp³-hybridized carbons (Fsp3) is 0.283. The van der Waals surface area contributed by atoms with Crippen LogP contribution in [-0.2, 0) is 0 Å². The number of anilines is 6. The van der Waals surface area contributed by atoms with Crippen molar-refractivity contribution in [1.82, 2.24) is 126 Å². The molecule has 4 fully saturated rings. The Labute approximate surface area is 731 Å². The quantitative estimate of drug-likeness (QED) is 0.0481. The molecule has 0 bridgehead atoms. The zero-order chi connectivity index (χ0) is 84.9. The molecule has 17 aromatic heterocycles. The van der Waals surface area contributed by atoms with Gasteiger partial charge in [-0.3, -0.25) is 60.6 Å². The molecule has 0 atom stereocenters. The second-order valence-electron chi connectivity index (χ2n) is 31.3. The molecule has 0 spiro atoms. The Morgan fingerprint density at radius 3 is 1.36 bits per heavy atom. The molecule has 0 radical (unpaired) electrons. The summed E-state index contributed by atoms with van der Waals surface area (Å²) in [4.78, 5) is 47.7. The van der Waals surface area contributed by atoms with Crippen LogP contribution in [0.15, 0.2) is 212 Å². The summed E-state index contributed by atoms with van der Waals surface area (Å²) in [6, 6.07) is 36.1. The lowest BCUT2D eigenvalue weighted by molar-refractivity contribution is 0.462. The largest absolute Gasteiger partial charge is 0.367 e. The van der Waals surface area contributed by atoms with Gasteiger partial charge in [0, 0.05) is 132 Å². The first kappa shape index (κ1) is 83.3. The Morgan fingerprint density at radius 2 is 0.824 bits per heavy atom. The van der Waals surface area contributed by atoms with Crippen molar-refractivity contribution in [2.24, 2.45) is 0 Å². The van der Waals surface area contributed by atoms with Crippen molar-refractivity contribution in [2.45, 2.75) is 166 Å². The van der Waals surface area contributed by atoms with E-state index < -0.39 is 0 Å². The normalized spacial score (nSPS) is 14.4. The summed E-state index contributed by atoms with van der Waals surface area (Å²) in [5, 5.41) is 78.1. The Kier molecular flexibility index (Phi) is 27.2. The molecule has 2 aromatic carbocycles. The van der Waals surface area contributed by atoms with Crippen LogP contribution in [0.4, 0.5) is 39.2 Å². The lowest BCUT2D eigenvalue weighted by Crippen LogP contribution is -2.22. The number of thiazole rings is 1. The van der Waals surface area contributed by atoms with Gasteiger partial charge in [0.1, 0.15) is 73.0 Å². The smallest absolute Gasteiger partial charge is 0.142 e. The van der Waals surface area contributed by atoms with Crippen LogP contribution in [0, 0.1) is 19.7 Å². The van der Waals surface area contributed by atoms with Gasteiger partial charge >= 0.3 is 0 Å². The van der Waals surface area contributed by atoms with E-state index in [4.69, 9.17) is 0 Å². The van der Waals surface area contributed by atoms with E-state index in [1.165, 1.54) is 141 Å². The fourth-order valence-electron chi connectivity index (χ4n) is 16.5. The zero-order valence-electron chi connectivity index (χ0n) is 69.3. The van der Waals surface area contributed by atoms with Crippen LogP contribution in [-0.4, -0.2) is 150 Å². The van der Waals surface area contributed by atoms with Crippen molar-refractivity contribution < 1.29 is 4.39 Å².